The van der Waals surface area contributed by atoms with E-state index in [2.05, 4.69) is 10.0 Å². The van der Waals surface area contributed by atoms with Gasteiger partial charge in [0.05, 0.1) is 10.4 Å². The van der Waals surface area contributed by atoms with Crippen molar-refractivity contribution in [3.63, 3.8) is 0 Å². The highest BCUT2D eigenvalue weighted by Crippen LogP contribution is 2.29. The van der Waals surface area contributed by atoms with E-state index in [1.807, 2.05) is 0 Å². The lowest BCUT2D eigenvalue weighted by atomic mass is 9.82. The maximum Gasteiger partial charge on any atom is 0.244 e. The summed E-state index contributed by atoms with van der Waals surface area (Å²) in [7, 11) is -2.20. The van der Waals surface area contributed by atoms with E-state index in [0.717, 1.165) is 19.3 Å². The molecule has 0 atom stereocenters. The lowest BCUT2D eigenvalue weighted by Crippen LogP contribution is -2.52. The summed E-state index contributed by atoms with van der Waals surface area (Å²) in [6.45, 7) is 1.67. The van der Waals surface area contributed by atoms with Gasteiger partial charge in [-0.25, -0.2) is 13.1 Å². The average molecular weight is 325 g/mol. The maximum absolute atomic E-state index is 12.5. The summed E-state index contributed by atoms with van der Waals surface area (Å²) < 4.78 is 26.2. The van der Waals surface area contributed by atoms with Gasteiger partial charge in [0.25, 0.3) is 0 Å². The van der Waals surface area contributed by atoms with Crippen LogP contribution in [0.4, 0.5) is 5.69 Å². The van der Waals surface area contributed by atoms with E-state index >= 15 is 0 Å². The maximum atomic E-state index is 12.5. The zero-order valence-electron chi connectivity index (χ0n) is 13.0. The third-order valence-corrected chi connectivity index (χ3v) is 5.85. The molecule has 7 heteroatoms. The van der Waals surface area contributed by atoms with Crippen molar-refractivity contribution < 1.29 is 13.2 Å². The van der Waals surface area contributed by atoms with Gasteiger partial charge in [-0.3, -0.25) is 4.79 Å². The molecule has 6 nitrogen and oxygen atoms in total. The van der Waals surface area contributed by atoms with Crippen LogP contribution in [0.3, 0.4) is 0 Å². The third kappa shape index (κ3) is 3.31. The fourth-order valence-electron chi connectivity index (χ4n) is 2.81. The van der Waals surface area contributed by atoms with Crippen LogP contribution in [-0.2, 0) is 14.8 Å². The molecule has 1 aromatic rings. The largest absolute Gasteiger partial charge is 0.324 e. The molecule has 0 spiro atoms. The molecule has 4 N–H and O–H groups in total. The molecule has 0 unspecified atom stereocenters. The molecule has 1 fully saturated rings. The zero-order chi connectivity index (χ0) is 16.4. The molecular formula is C15H23N3O3S. The van der Waals surface area contributed by atoms with Crippen molar-refractivity contribution in [2.75, 3.05) is 12.4 Å². The summed E-state index contributed by atoms with van der Waals surface area (Å²) >= 11 is 0. The Bertz CT molecular complexity index is 665. The van der Waals surface area contributed by atoms with Gasteiger partial charge < -0.3 is 11.1 Å². The SMILES string of the molecule is CNS(=O)(=O)c1cccc(NC(=O)C2(N)CCCCC2)c1C. The summed E-state index contributed by atoms with van der Waals surface area (Å²) in [4.78, 5) is 12.6. The number of hydrogen-bond donors (Lipinski definition) is 3. The van der Waals surface area contributed by atoms with Crippen molar-refractivity contribution in [2.24, 2.45) is 5.73 Å². The summed E-state index contributed by atoms with van der Waals surface area (Å²) in [5, 5.41) is 2.80. The van der Waals surface area contributed by atoms with Crippen molar-refractivity contribution in [2.45, 2.75) is 49.5 Å². The van der Waals surface area contributed by atoms with E-state index < -0.39 is 15.6 Å². The Morgan fingerprint density at radius 1 is 1.23 bits per heavy atom. The highest BCUT2D eigenvalue weighted by Gasteiger charge is 2.35. The summed E-state index contributed by atoms with van der Waals surface area (Å²) in [5.74, 6) is -0.241. The number of hydrogen-bond acceptors (Lipinski definition) is 4. The van der Waals surface area contributed by atoms with Crippen LogP contribution in [-0.4, -0.2) is 26.9 Å². The molecule has 0 aromatic heterocycles. The van der Waals surface area contributed by atoms with E-state index in [4.69, 9.17) is 5.73 Å². The number of anilines is 1. The minimum absolute atomic E-state index is 0.155. The van der Waals surface area contributed by atoms with E-state index in [0.29, 0.717) is 24.1 Å². The quantitative estimate of drug-likeness (QED) is 0.781. The van der Waals surface area contributed by atoms with Gasteiger partial charge in [-0.1, -0.05) is 25.3 Å². The zero-order valence-corrected chi connectivity index (χ0v) is 13.8. The topological polar surface area (TPSA) is 101 Å². The Labute approximate surface area is 131 Å². The summed E-state index contributed by atoms with van der Waals surface area (Å²) in [6.07, 6.45) is 4.30. The molecule has 0 saturated heterocycles. The molecule has 1 aromatic carbocycles. The molecule has 0 radical (unpaired) electrons. The Kier molecular flexibility index (Phi) is 4.89. The van der Waals surface area contributed by atoms with Crippen LogP contribution < -0.4 is 15.8 Å². The second-order valence-electron chi connectivity index (χ2n) is 5.81. The molecule has 22 heavy (non-hydrogen) atoms. The van der Waals surface area contributed by atoms with Crippen molar-refractivity contribution in [1.82, 2.24) is 4.72 Å². The van der Waals surface area contributed by atoms with Crippen molar-refractivity contribution >= 4 is 21.6 Å². The summed E-state index contributed by atoms with van der Waals surface area (Å²) in [6, 6.07) is 4.81. The Morgan fingerprint density at radius 3 is 2.45 bits per heavy atom. The molecular weight excluding hydrogens is 302 g/mol. The highest BCUT2D eigenvalue weighted by molar-refractivity contribution is 7.89. The first-order chi connectivity index (χ1) is 10.3. The number of rotatable bonds is 4. The predicted molar refractivity (Wildman–Crippen MR) is 86.1 cm³/mol. The van der Waals surface area contributed by atoms with E-state index in [1.165, 1.54) is 13.1 Å². The van der Waals surface area contributed by atoms with Gasteiger partial charge in [0, 0.05) is 5.69 Å². The van der Waals surface area contributed by atoms with Gasteiger partial charge in [-0.2, -0.15) is 0 Å². The summed E-state index contributed by atoms with van der Waals surface area (Å²) in [5.41, 5.74) is 6.34. The Balaban J connectivity index is 2.27. The van der Waals surface area contributed by atoms with Crippen LogP contribution in [0.1, 0.15) is 37.7 Å². The van der Waals surface area contributed by atoms with Gasteiger partial charge in [-0.15, -0.1) is 0 Å². The van der Waals surface area contributed by atoms with Crippen molar-refractivity contribution in [3.8, 4) is 0 Å². The lowest BCUT2D eigenvalue weighted by molar-refractivity contribution is -0.122. The second-order valence-corrected chi connectivity index (χ2v) is 7.66. The van der Waals surface area contributed by atoms with Gasteiger partial charge in [0.1, 0.15) is 0 Å². The first-order valence-electron chi connectivity index (χ1n) is 7.44. The van der Waals surface area contributed by atoms with Gasteiger partial charge in [0.2, 0.25) is 15.9 Å². The first kappa shape index (κ1) is 16.9. The van der Waals surface area contributed by atoms with E-state index in [1.54, 1.807) is 19.1 Å². The Hall–Kier alpha value is -1.44. The fourth-order valence-corrected chi connectivity index (χ4v) is 3.80. The lowest BCUT2D eigenvalue weighted by Gasteiger charge is -2.32. The van der Waals surface area contributed by atoms with Gasteiger partial charge in [0.15, 0.2) is 0 Å². The molecule has 1 aliphatic carbocycles. The minimum Gasteiger partial charge on any atom is -0.324 e. The van der Waals surface area contributed by atoms with E-state index in [9.17, 15) is 13.2 Å². The molecule has 0 bridgehead atoms. The number of carbonyl (C=O) groups excluding carboxylic acids is 1. The van der Waals surface area contributed by atoms with Crippen molar-refractivity contribution in [1.29, 1.82) is 0 Å². The first-order valence-corrected chi connectivity index (χ1v) is 8.92. The van der Waals surface area contributed by atoms with Gasteiger partial charge >= 0.3 is 0 Å². The number of sulfonamides is 1. The predicted octanol–water partition coefficient (Wildman–Crippen LogP) is 1.50. The average Bonchev–Trinajstić information content (AvgIpc) is 2.50. The molecule has 122 valence electrons. The molecule has 0 heterocycles. The molecule has 1 saturated carbocycles. The standard InChI is InChI=1S/C15H23N3O3S/c1-11-12(7-6-8-13(11)22(20,21)17-2)18-14(19)15(16)9-4-3-5-10-15/h6-8,17H,3-5,9-10,16H2,1-2H3,(H,18,19). The third-order valence-electron chi connectivity index (χ3n) is 4.29. The van der Waals surface area contributed by atoms with Crippen LogP contribution in [0.2, 0.25) is 0 Å². The minimum atomic E-state index is -3.56. The smallest absolute Gasteiger partial charge is 0.244 e. The van der Waals surface area contributed by atoms with Crippen LogP contribution in [0.15, 0.2) is 23.1 Å². The van der Waals surface area contributed by atoms with Crippen LogP contribution >= 0.6 is 0 Å². The fraction of sp³-hybridized carbons (Fsp3) is 0.533. The Morgan fingerprint density at radius 2 is 1.86 bits per heavy atom. The van der Waals surface area contributed by atoms with Gasteiger partial charge in [-0.05, 0) is 44.5 Å². The van der Waals surface area contributed by atoms with Crippen LogP contribution in [0.5, 0.6) is 0 Å². The van der Waals surface area contributed by atoms with E-state index in [-0.39, 0.29) is 10.8 Å². The molecule has 2 rings (SSSR count). The number of benzene rings is 1. The monoisotopic (exact) mass is 325 g/mol. The number of nitrogens with one attached hydrogen (secondary N) is 2. The van der Waals surface area contributed by atoms with Crippen LogP contribution in [0.25, 0.3) is 0 Å². The molecule has 1 aliphatic rings. The number of amides is 1. The number of nitrogens with two attached hydrogens (primary N) is 1. The van der Waals surface area contributed by atoms with Crippen LogP contribution in [0, 0.1) is 6.92 Å². The second kappa shape index (κ2) is 6.36. The highest BCUT2D eigenvalue weighted by atomic mass is 32.2. The molecule has 0 aliphatic heterocycles. The number of carbonyl (C=O) groups is 1. The molecule has 1 amide bonds. The van der Waals surface area contributed by atoms with Crippen molar-refractivity contribution in [3.05, 3.63) is 23.8 Å². The normalized spacial score (nSPS) is 18.0.